The van der Waals surface area contributed by atoms with Crippen molar-refractivity contribution in [2.45, 2.75) is 39.2 Å². The van der Waals surface area contributed by atoms with Crippen LogP contribution in [0, 0.1) is 9.49 Å². The first kappa shape index (κ1) is 13.0. The predicted octanol–water partition coefficient (Wildman–Crippen LogP) is 3.93. The number of rotatable bonds is 4. The summed E-state index contributed by atoms with van der Waals surface area (Å²) in [4.78, 5) is 0. The first-order valence-corrected chi connectivity index (χ1v) is 6.52. The fraction of sp³-hybridized carbons (Fsp3) is 0.538. The zero-order valence-corrected chi connectivity index (χ0v) is 11.8. The van der Waals surface area contributed by atoms with Crippen molar-refractivity contribution < 1.29 is 5.11 Å². The molecule has 1 rings (SSSR count). The van der Waals surface area contributed by atoms with E-state index in [-0.39, 0.29) is 0 Å². The van der Waals surface area contributed by atoms with E-state index in [9.17, 15) is 5.11 Å². The van der Waals surface area contributed by atoms with E-state index in [2.05, 4.69) is 36.4 Å². The lowest BCUT2D eigenvalue weighted by molar-refractivity contribution is 0.0319. The monoisotopic (exact) mass is 318 g/mol. The van der Waals surface area contributed by atoms with E-state index in [0.717, 1.165) is 18.4 Å². The number of hydrogen-bond acceptors (Lipinski definition) is 1. The maximum atomic E-state index is 10.4. The van der Waals surface area contributed by atoms with Gasteiger partial charge in [-0.2, -0.15) is 0 Å². The Hall–Kier alpha value is -0.0900. The summed E-state index contributed by atoms with van der Waals surface area (Å²) in [7, 11) is 0. The van der Waals surface area contributed by atoms with Crippen LogP contribution in [0.3, 0.4) is 0 Å². The molecule has 2 heteroatoms. The molecule has 0 bridgehead atoms. The summed E-state index contributed by atoms with van der Waals surface area (Å²) in [6.07, 6.45) is 1.94. The molecule has 1 aromatic carbocycles. The maximum absolute atomic E-state index is 10.4. The summed E-state index contributed by atoms with van der Waals surface area (Å²) in [5.41, 5.74) is 0.322. The van der Waals surface area contributed by atoms with Crippen molar-refractivity contribution in [2.75, 3.05) is 0 Å². The Kier molecular flexibility index (Phi) is 4.59. The lowest BCUT2D eigenvalue weighted by atomic mass is 9.86. The minimum absolute atomic E-state index is 0.555. The van der Waals surface area contributed by atoms with E-state index in [0.29, 0.717) is 5.92 Å². The Morgan fingerprint density at radius 1 is 1.33 bits per heavy atom. The Morgan fingerprint density at radius 3 is 2.33 bits per heavy atom. The highest BCUT2D eigenvalue weighted by Crippen LogP contribution is 2.29. The fourth-order valence-electron chi connectivity index (χ4n) is 1.75. The number of hydrogen-bond donors (Lipinski definition) is 1. The molecule has 1 nitrogen and oxygen atoms in total. The molecule has 0 amide bonds. The second-order valence-corrected chi connectivity index (χ2v) is 5.74. The normalized spacial score (nSPS) is 17.1. The minimum Gasteiger partial charge on any atom is -0.385 e. The standard InChI is InChI=1S/C13H19IO/c1-4-10(2)9-13(3,15)11-5-7-12(14)8-6-11/h5-8,10,15H,4,9H2,1-3H3. The van der Waals surface area contributed by atoms with Crippen LogP contribution in [0.5, 0.6) is 0 Å². The van der Waals surface area contributed by atoms with Gasteiger partial charge in [-0.1, -0.05) is 32.4 Å². The molecular weight excluding hydrogens is 299 g/mol. The molecule has 0 heterocycles. The Labute approximate surface area is 106 Å². The third-order valence-corrected chi connectivity index (χ3v) is 3.63. The Bertz CT molecular complexity index is 303. The lowest BCUT2D eigenvalue weighted by Crippen LogP contribution is -2.23. The van der Waals surface area contributed by atoms with Crippen molar-refractivity contribution in [3.05, 3.63) is 33.4 Å². The largest absolute Gasteiger partial charge is 0.385 e. The molecule has 0 aliphatic rings. The van der Waals surface area contributed by atoms with Crippen LogP contribution in [0.1, 0.15) is 39.2 Å². The molecule has 2 unspecified atom stereocenters. The summed E-state index contributed by atoms with van der Waals surface area (Å²) in [5, 5.41) is 10.4. The van der Waals surface area contributed by atoms with Crippen molar-refractivity contribution in [3.8, 4) is 0 Å². The molecule has 84 valence electrons. The average molecular weight is 318 g/mol. The van der Waals surface area contributed by atoms with E-state index in [1.165, 1.54) is 3.57 Å². The SMILES string of the molecule is CCC(C)CC(C)(O)c1ccc(I)cc1. The molecule has 1 N–H and O–H groups in total. The summed E-state index contributed by atoms with van der Waals surface area (Å²) < 4.78 is 1.20. The van der Waals surface area contributed by atoms with Crippen molar-refractivity contribution >= 4 is 22.6 Å². The van der Waals surface area contributed by atoms with Crippen LogP contribution in [0.4, 0.5) is 0 Å². The molecule has 0 spiro atoms. The van der Waals surface area contributed by atoms with E-state index in [1.807, 2.05) is 31.2 Å². The first-order chi connectivity index (χ1) is 6.95. The van der Waals surface area contributed by atoms with Gasteiger partial charge in [0.25, 0.3) is 0 Å². The maximum Gasteiger partial charge on any atom is 0.0871 e. The van der Waals surface area contributed by atoms with E-state index in [4.69, 9.17) is 0 Å². The van der Waals surface area contributed by atoms with Crippen LogP contribution in [0.15, 0.2) is 24.3 Å². The highest BCUT2D eigenvalue weighted by molar-refractivity contribution is 14.1. The smallest absolute Gasteiger partial charge is 0.0871 e. The molecule has 0 aromatic heterocycles. The number of aliphatic hydroxyl groups is 1. The number of halogens is 1. The van der Waals surface area contributed by atoms with E-state index < -0.39 is 5.60 Å². The average Bonchev–Trinajstić information content (AvgIpc) is 2.17. The fourth-order valence-corrected chi connectivity index (χ4v) is 2.11. The van der Waals surface area contributed by atoms with Crippen LogP contribution < -0.4 is 0 Å². The van der Waals surface area contributed by atoms with Crippen LogP contribution in [-0.4, -0.2) is 5.11 Å². The third kappa shape index (κ3) is 3.76. The zero-order chi connectivity index (χ0) is 11.5. The summed E-state index contributed by atoms with van der Waals surface area (Å²) in [6.45, 7) is 6.25. The number of benzene rings is 1. The van der Waals surface area contributed by atoms with Gasteiger partial charge in [-0.05, 0) is 59.5 Å². The summed E-state index contributed by atoms with van der Waals surface area (Å²) >= 11 is 2.28. The quantitative estimate of drug-likeness (QED) is 0.834. The molecule has 0 saturated carbocycles. The van der Waals surface area contributed by atoms with Gasteiger partial charge in [0.1, 0.15) is 0 Å². The van der Waals surface area contributed by atoms with Gasteiger partial charge in [0.2, 0.25) is 0 Å². The van der Waals surface area contributed by atoms with Crippen molar-refractivity contribution in [3.63, 3.8) is 0 Å². The summed E-state index contributed by atoms with van der Waals surface area (Å²) in [6, 6.07) is 8.12. The second kappa shape index (κ2) is 5.30. The van der Waals surface area contributed by atoms with E-state index >= 15 is 0 Å². The molecule has 0 aliphatic heterocycles. The molecule has 0 aliphatic carbocycles. The highest BCUT2D eigenvalue weighted by Gasteiger charge is 2.24. The molecule has 0 fully saturated rings. The topological polar surface area (TPSA) is 20.2 Å². The van der Waals surface area contributed by atoms with Gasteiger partial charge >= 0.3 is 0 Å². The molecule has 1 aromatic rings. The molecule has 0 radical (unpaired) electrons. The Balaban J connectivity index is 2.80. The highest BCUT2D eigenvalue weighted by atomic mass is 127. The predicted molar refractivity (Wildman–Crippen MR) is 72.8 cm³/mol. The summed E-state index contributed by atoms with van der Waals surface area (Å²) in [5.74, 6) is 0.555. The molecular formula is C13H19IO. The van der Waals surface area contributed by atoms with Gasteiger partial charge in [-0.3, -0.25) is 0 Å². The van der Waals surface area contributed by atoms with Crippen LogP contribution in [-0.2, 0) is 5.60 Å². The second-order valence-electron chi connectivity index (χ2n) is 4.50. The van der Waals surface area contributed by atoms with Gasteiger partial charge in [0.05, 0.1) is 5.60 Å². The van der Waals surface area contributed by atoms with Crippen LogP contribution >= 0.6 is 22.6 Å². The van der Waals surface area contributed by atoms with Crippen molar-refractivity contribution in [2.24, 2.45) is 5.92 Å². The van der Waals surface area contributed by atoms with E-state index in [1.54, 1.807) is 0 Å². The Morgan fingerprint density at radius 2 is 1.87 bits per heavy atom. The van der Waals surface area contributed by atoms with Crippen molar-refractivity contribution in [1.29, 1.82) is 0 Å². The molecule has 0 saturated heterocycles. The van der Waals surface area contributed by atoms with Crippen LogP contribution in [0.2, 0.25) is 0 Å². The third-order valence-electron chi connectivity index (χ3n) is 2.91. The van der Waals surface area contributed by atoms with Gasteiger partial charge in [0.15, 0.2) is 0 Å². The van der Waals surface area contributed by atoms with Crippen molar-refractivity contribution in [1.82, 2.24) is 0 Å². The first-order valence-electron chi connectivity index (χ1n) is 5.44. The molecule has 2 atom stereocenters. The van der Waals surface area contributed by atoms with Gasteiger partial charge in [-0.15, -0.1) is 0 Å². The van der Waals surface area contributed by atoms with Gasteiger partial charge < -0.3 is 5.11 Å². The zero-order valence-electron chi connectivity index (χ0n) is 9.63. The van der Waals surface area contributed by atoms with Gasteiger partial charge in [-0.25, -0.2) is 0 Å². The van der Waals surface area contributed by atoms with Gasteiger partial charge in [0, 0.05) is 3.57 Å². The lowest BCUT2D eigenvalue weighted by Gasteiger charge is -2.27. The van der Waals surface area contributed by atoms with Crippen LogP contribution in [0.25, 0.3) is 0 Å². The minimum atomic E-state index is -0.695. The molecule has 15 heavy (non-hydrogen) atoms.